The van der Waals surface area contributed by atoms with Gasteiger partial charge in [0.05, 0.1) is 17.2 Å². The van der Waals surface area contributed by atoms with Crippen LogP contribution in [0.15, 0.2) is 35.4 Å². The van der Waals surface area contributed by atoms with Crippen molar-refractivity contribution in [2.75, 3.05) is 0 Å². The van der Waals surface area contributed by atoms with Crippen LogP contribution in [0.4, 0.5) is 0 Å². The van der Waals surface area contributed by atoms with E-state index < -0.39 is 0 Å². The molecule has 2 fully saturated rings. The molecule has 2 aliphatic rings. The number of piperidine rings is 1. The number of carbonyl (C=O) groups is 2. The Morgan fingerprint density at radius 3 is 2.86 bits per heavy atom. The lowest BCUT2D eigenvalue weighted by atomic mass is 9.68. The molecule has 1 saturated heterocycles. The second-order valence-electron chi connectivity index (χ2n) is 8.51. The lowest BCUT2D eigenvalue weighted by Crippen LogP contribution is -2.57. The number of nitrogens with one attached hydrogen (secondary N) is 2. The predicted molar refractivity (Wildman–Crippen MR) is 110 cm³/mol. The molecule has 5 atom stereocenters. The van der Waals surface area contributed by atoms with E-state index in [1.54, 1.807) is 12.1 Å². The van der Waals surface area contributed by atoms with E-state index in [0.717, 1.165) is 19.3 Å². The normalized spacial score (nSPS) is 29.2. The number of hydrogen-bond donors (Lipinski definition) is 2. The van der Waals surface area contributed by atoms with Crippen molar-refractivity contribution in [2.24, 2.45) is 17.8 Å². The molecule has 0 radical (unpaired) electrons. The van der Waals surface area contributed by atoms with Crippen LogP contribution in [0.1, 0.15) is 39.5 Å². The molecule has 1 aliphatic heterocycles. The summed E-state index contributed by atoms with van der Waals surface area (Å²) in [6.07, 6.45) is 4.44. The Hall–Kier alpha value is -2.70. The van der Waals surface area contributed by atoms with Crippen LogP contribution in [0.3, 0.4) is 0 Å². The molecule has 0 spiro atoms. The van der Waals surface area contributed by atoms with E-state index in [9.17, 15) is 14.4 Å². The maximum atomic E-state index is 12.5. The van der Waals surface area contributed by atoms with E-state index in [0.29, 0.717) is 29.3 Å². The van der Waals surface area contributed by atoms with Crippen molar-refractivity contribution in [3.63, 3.8) is 0 Å². The Labute approximate surface area is 169 Å². The highest BCUT2D eigenvalue weighted by Crippen LogP contribution is 2.37. The van der Waals surface area contributed by atoms with Crippen LogP contribution in [-0.2, 0) is 16.1 Å². The number of benzene rings is 1. The van der Waals surface area contributed by atoms with Gasteiger partial charge in [0.25, 0.3) is 5.56 Å². The number of fused-ring (bicyclic) bond motifs is 2. The highest BCUT2D eigenvalue weighted by Gasteiger charge is 2.42. The van der Waals surface area contributed by atoms with Gasteiger partial charge in [-0.05, 0) is 43.2 Å². The van der Waals surface area contributed by atoms with Crippen LogP contribution in [0.2, 0.25) is 0 Å². The molecule has 7 nitrogen and oxygen atoms in total. The number of carbonyl (C=O) groups excluding carboxylic acids is 2. The van der Waals surface area contributed by atoms with Crippen molar-refractivity contribution in [3.05, 3.63) is 40.9 Å². The maximum Gasteiger partial charge on any atom is 0.261 e. The van der Waals surface area contributed by atoms with Gasteiger partial charge in [-0.2, -0.15) is 0 Å². The van der Waals surface area contributed by atoms with Gasteiger partial charge in [-0.1, -0.05) is 26.0 Å². The second kappa shape index (κ2) is 7.97. The van der Waals surface area contributed by atoms with Crippen LogP contribution in [0.25, 0.3) is 10.9 Å². The number of nitrogens with zero attached hydrogens (tertiary/aromatic N) is 2. The third-order valence-corrected chi connectivity index (χ3v) is 6.79. The van der Waals surface area contributed by atoms with Crippen LogP contribution in [-0.4, -0.2) is 33.4 Å². The minimum absolute atomic E-state index is 0.0521. The summed E-state index contributed by atoms with van der Waals surface area (Å²) in [4.78, 5) is 41.4. The monoisotopic (exact) mass is 396 g/mol. The minimum Gasteiger partial charge on any atom is -0.353 e. The smallest absolute Gasteiger partial charge is 0.261 e. The quantitative estimate of drug-likeness (QED) is 0.825. The molecule has 7 heteroatoms. The maximum absolute atomic E-state index is 12.5. The molecule has 2 N–H and O–H groups in total. The first-order chi connectivity index (χ1) is 13.9. The molecule has 2 amide bonds. The standard InChI is InChI=1S/C22H28N4O3/c1-13-14(2)21(28)25-19-11-15(7-8-16(13)19)24-20(27)9-10-26-12-23-18-6-4-3-5-17(18)22(26)29/h3-6,12-16,19H,7-11H2,1-2H3,(H,24,27)(H,25,28). The number of aryl methyl sites for hydroxylation is 1. The van der Waals surface area contributed by atoms with Gasteiger partial charge in [0.1, 0.15) is 0 Å². The van der Waals surface area contributed by atoms with Crippen LogP contribution in [0, 0.1) is 17.8 Å². The van der Waals surface area contributed by atoms with Gasteiger partial charge >= 0.3 is 0 Å². The van der Waals surface area contributed by atoms with E-state index in [1.807, 2.05) is 19.1 Å². The molecule has 1 aromatic carbocycles. The van der Waals surface area contributed by atoms with Crippen LogP contribution < -0.4 is 16.2 Å². The highest BCUT2D eigenvalue weighted by molar-refractivity contribution is 5.80. The van der Waals surface area contributed by atoms with Crippen molar-refractivity contribution in [2.45, 2.75) is 58.2 Å². The van der Waals surface area contributed by atoms with Gasteiger partial charge in [-0.15, -0.1) is 0 Å². The summed E-state index contributed by atoms with van der Waals surface area (Å²) in [5.41, 5.74) is 0.532. The molecular weight excluding hydrogens is 368 g/mol. The van der Waals surface area contributed by atoms with E-state index in [1.165, 1.54) is 10.9 Å². The highest BCUT2D eigenvalue weighted by atomic mass is 16.2. The van der Waals surface area contributed by atoms with Gasteiger partial charge < -0.3 is 10.6 Å². The Bertz CT molecular complexity index is 985. The first kappa shape index (κ1) is 19.6. The summed E-state index contributed by atoms with van der Waals surface area (Å²) in [6.45, 7) is 4.45. The largest absolute Gasteiger partial charge is 0.353 e. The van der Waals surface area contributed by atoms with Crippen molar-refractivity contribution in [1.82, 2.24) is 20.2 Å². The van der Waals surface area contributed by atoms with Crippen LogP contribution >= 0.6 is 0 Å². The summed E-state index contributed by atoms with van der Waals surface area (Å²) in [5, 5.41) is 6.79. The van der Waals surface area contributed by atoms with E-state index in [2.05, 4.69) is 22.5 Å². The van der Waals surface area contributed by atoms with Crippen molar-refractivity contribution >= 4 is 22.7 Å². The Kier molecular flexibility index (Phi) is 5.39. The third-order valence-electron chi connectivity index (χ3n) is 6.79. The molecule has 2 heterocycles. The van der Waals surface area contributed by atoms with Gasteiger partial charge in [0, 0.05) is 31.0 Å². The molecule has 0 bridgehead atoms. The van der Waals surface area contributed by atoms with Gasteiger partial charge in [0.2, 0.25) is 11.8 Å². The molecule has 1 aromatic heterocycles. The average molecular weight is 396 g/mol. The molecule has 1 aliphatic carbocycles. The summed E-state index contributed by atoms with van der Waals surface area (Å²) in [7, 11) is 0. The lowest BCUT2D eigenvalue weighted by molar-refractivity contribution is -0.132. The Morgan fingerprint density at radius 1 is 1.24 bits per heavy atom. The molecular formula is C22H28N4O3. The molecule has 2 aromatic rings. The first-order valence-electron chi connectivity index (χ1n) is 10.5. The zero-order chi connectivity index (χ0) is 20.5. The SMILES string of the molecule is CC1C(=O)NC2CC(NC(=O)CCn3cnc4ccccc4c3=O)CCC2C1C. The van der Waals surface area contributed by atoms with Crippen molar-refractivity contribution < 1.29 is 9.59 Å². The number of hydrogen-bond acceptors (Lipinski definition) is 4. The lowest BCUT2D eigenvalue weighted by Gasteiger charge is -2.45. The number of para-hydroxylation sites is 1. The molecule has 4 rings (SSSR count). The molecule has 154 valence electrons. The first-order valence-corrected chi connectivity index (χ1v) is 10.5. The number of amides is 2. The second-order valence-corrected chi connectivity index (χ2v) is 8.51. The van der Waals surface area contributed by atoms with Crippen molar-refractivity contribution in [1.29, 1.82) is 0 Å². The molecule has 29 heavy (non-hydrogen) atoms. The Morgan fingerprint density at radius 2 is 2.03 bits per heavy atom. The fraction of sp³-hybridized carbons (Fsp3) is 0.545. The van der Waals surface area contributed by atoms with E-state index in [-0.39, 0.29) is 41.8 Å². The van der Waals surface area contributed by atoms with Crippen molar-refractivity contribution in [3.8, 4) is 0 Å². The third kappa shape index (κ3) is 3.91. The summed E-state index contributed by atoms with van der Waals surface area (Å²) in [6, 6.07) is 7.41. The predicted octanol–water partition coefficient (Wildman–Crippen LogP) is 1.84. The van der Waals surface area contributed by atoms with Crippen LogP contribution in [0.5, 0.6) is 0 Å². The zero-order valence-corrected chi connectivity index (χ0v) is 16.9. The Balaban J connectivity index is 1.33. The fourth-order valence-corrected chi connectivity index (χ4v) is 4.83. The van der Waals surface area contributed by atoms with Gasteiger partial charge in [-0.25, -0.2) is 4.98 Å². The van der Waals surface area contributed by atoms with E-state index in [4.69, 9.17) is 0 Å². The van der Waals surface area contributed by atoms with Gasteiger partial charge in [0.15, 0.2) is 0 Å². The van der Waals surface area contributed by atoms with E-state index >= 15 is 0 Å². The fourth-order valence-electron chi connectivity index (χ4n) is 4.83. The summed E-state index contributed by atoms with van der Waals surface area (Å²) < 4.78 is 1.49. The summed E-state index contributed by atoms with van der Waals surface area (Å²) >= 11 is 0. The van der Waals surface area contributed by atoms with Gasteiger partial charge in [-0.3, -0.25) is 19.0 Å². The molecule has 5 unspecified atom stereocenters. The molecule has 1 saturated carbocycles. The number of rotatable bonds is 4. The number of aromatic nitrogens is 2. The average Bonchev–Trinajstić information content (AvgIpc) is 2.72. The summed E-state index contributed by atoms with van der Waals surface area (Å²) in [5.74, 6) is 0.956. The minimum atomic E-state index is -0.128. The zero-order valence-electron chi connectivity index (χ0n) is 16.9. The topological polar surface area (TPSA) is 93.1 Å².